The van der Waals surface area contributed by atoms with Crippen molar-refractivity contribution in [1.82, 2.24) is 5.32 Å². The summed E-state index contributed by atoms with van der Waals surface area (Å²) in [7, 11) is 0. The predicted octanol–water partition coefficient (Wildman–Crippen LogP) is 9.44. The van der Waals surface area contributed by atoms with Gasteiger partial charge in [0.05, 0.1) is 38.6 Å². The Morgan fingerprint density at radius 2 is 0.727 bits per heavy atom. The molecule has 3 aliphatic heterocycles. The monoisotopic (exact) mass is 1260 g/mol. The highest BCUT2D eigenvalue weighted by atomic mass is 16.8. The third-order valence-electron chi connectivity index (χ3n) is 18.0. The summed E-state index contributed by atoms with van der Waals surface area (Å²) in [4.78, 5) is 13.4. The van der Waals surface area contributed by atoms with E-state index >= 15 is 0 Å². The maximum Gasteiger partial charge on any atom is 0.220 e. The van der Waals surface area contributed by atoms with Crippen LogP contribution >= 0.6 is 0 Å². The molecule has 0 aromatic carbocycles. The molecule has 0 aliphatic carbocycles. The highest BCUT2D eigenvalue weighted by Gasteiger charge is 2.53. The second kappa shape index (κ2) is 51.7. The first-order valence-corrected chi connectivity index (χ1v) is 35.6. The van der Waals surface area contributed by atoms with Crippen molar-refractivity contribution >= 4 is 5.91 Å². The second-order valence-electron chi connectivity index (χ2n) is 25.7. The summed E-state index contributed by atoms with van der Waals surface area (Å²) < 4.78 is 34.3. The maximum atomic E-state index is 13.4. The zero-order valence-corrected chi connectivity index (χ0v) is 54.7. The third kappa shape index (κ3) is 33.4. The molecule has 3 fully saturated rings. The number of aliphatic hydroxyl groups is 11. The lowest BCUT2D eigenvalue weighted by atomic mass is 9.96. The Labute approximate surface area is 530 Å². The molecule has 0 radical (unpaired) electrons. The molecule has 19 nitrogen and oxygen atoms in total. The Hall–Kier alpha value is -1.73. The first kappa shape index (κ1) is 80.5. The van der Waals surface area contributed by atoms with Crippen molar-refractivity contribution in [1.29, 1.82) is 0 Å². The van der Waals surface area contributed by atoms with Crippen LogP contribution in [0.1, 0.15) is 277 Å². The highest BCUT2D eigenvalue weighted by Crippen LogP contribution is 2.33. The van der Waals surface area contributed by atoms with Crippen LogP contribution in [0.5, 0.6) is 0 Å². The molecule has 17 unspecified atom stereocenters. The topological polar surface area (TPSA) is 307 Å². The van der Waals surface area contributed by atoms with Crippen molar-refractivity contribution in [2.75, 3.05) is 26.4 Å². The standard InChI is InChI=1S/C69H129NO18/c1-3-5-7-9-11-13-15-17-19-20-21-22-23-24-25-26-27-28-29-30-31-33-34-36-38-40-42-44-46-53(74)52(70-57(75)47-45-43-41-39-37-35-32-18-16-14-12-10-8-6-4-2)51-83-67-63(81)60(78)65(55(49-72)85-67)88-69-64(82)61(79)66(56(50-73)86-69)87-68-62(80)59(77)58(76)54(48-71)84-68/h36,38,44,46,52-56,58-69,71-74,76-82H,3-35,37,39-43,45,47-51H2,1-2H3,(H,70,75)/b38-36+,46-44+. The van der Waals surface area contributed by atoms with Crippen molar-refractivity contribution in [3.05, 3.63) is 24.3 Å². The molecule has 17 atom stereocenters. The lowest BCUT2D eigenvalue weighted by molar-refractivity contribution is -0.379. The van der Waals surface area contributed by atoms with Gasteiger partial charge in [-0.05, 0) is 32.1 Å². The summed E-state index contributed by atoms with van der Waals surface area (Å²) in [6, 6.07) is -0.986. The van der Waals surface area contributed by atoms with E-state index in [2.05, 4.69) is 31.3 Å². The number of unbranched alkanes of at least 4 members (excludes halogenated alkanes) is 37. The van der Waals surface area contributed by atoms with Crippen LogP contribution in [0.2, 0.25) is 0 Å². The number of aliphatic hydroxyl groups excluding tert-OH is 11. The quantitative estimate of drug-likeness (QED) is 0.0199. The Kier molecular flexibility index (Phi) is 47.3. The van der Waals surface area contributed by atoms with E-state index in [1.54, 1.807) is 6.08 Å². The molecule has 518 valence electrons. The summed E-state index contributed by atoms with van der Waals surface area (Å²) in [5.41, 5.74) is 0. The normalized spacial score (nSPS) is 28.5. The van der Waals surface area contributed by atoms with E-state index in [0.29, 0.717) is 12.8 Å². The van der Waals surface area contributed by atoms with Gasteiger partial charge in [0.1, 0.15) is 73.2 Å². The number of nitrogens with one attached hydrogen (secondary N) is 1. The molecule has 12 N–H and O–H groups in total. The van der Waals surface area contributed by atoms with Gasteiger partial charge >= 0.3 is 0 Å². The van der Waals surface area contributed by atoms with E-state index in [1.807, 2.05) is 6.08 Å². The Balaban J connectivity index is 1.42. The predicted molar refractivity (Wildman–Crippen MR) is 342 cm³/mol. The number of ether oxygens (including phenoxy) is 6. The molecule has 1 amide bonds. The van der Waals surface area contributed by atoms with Gasteiger partial charge in [0.15, 0.2) is 18.9 Å². The molecule has 0 aromatic rings. The molecule has 3 saturated heterocycles. The Morgan fingerprint density at radius 3 is 1.14 bits per heavy atom. The largest absolute Gasteiger partial charge is 0.394 e. The lowest BCUT2D eigenvalue weighted by Crippen LogP contribution is -2.66. The van der Waals surface area contributed by atoms with Crippen LogP contribution in [0.3, 0.4) is 0 Å². The molecular weight excluding hydrogens is 1130 g/mol. The van der Waals surface area contributed by atoms with Crippen LogP contribution in [0.4, 0.5) is 0 Å². The molecule has 0 spiro atoms. The fourth-order valence-electron chi connectivity index (χ4n) is 12.2. The molecule has 0 saturated carbocycles. The maximum absolute atomic E-state index is 13.4. The van der Waals surface area contributed by atoms with Crippen LogP contribution in [-0.2, 0) is 33.2 Å². The second-order valence-corrected chi connectivity index (χ2v) is 25.7. The molecule has 3 aliphatic rings. The van der Waals surface area contributed by atoms with E-state index in [4.69, 9.17) is 28.4 Å². The zero-order valence-electron chi connectivity index (χ0n) is 54.7. The van der Waals surface area contributed by atoms with Crippen molar-refractivity contribution < 1.29 is 89.4 Å². The van der Waals surface area contributed by atoms with Gasteiger partial charge in [-0.1, -0.05) is 263 Å². The summed E-state index contributed by atoms with van der Waals surface area (Å²) >= 11 is 0. The number of carbonyl (C=O) groups is 1. The number of hydrogen-bond donors (Lipinski definition) is 12. The van der Waals surface area contributed by atoms with E-state index in [-0.39, 0.29) is 18.9 Å². The minimum atomic E-state index is -1.98. The molecule has 0 aromatic heterocycles. The van der Waals surface area contributed by atoms with Gasteiger partial charge in [-0.15, -0.1) is 0 Å². The minimum Gasteiger partial charge on any atom is -0.394 e. The van der Waals surface area contributed by atoms with Gasteiger partial charge in [0, 0.05) is 6.42 Å². The summed E-state index contributed by atoms with van der Waals surface area (Å²) in [6.07, 6.45) is 31.7. The van der Waals surface area contributed by atoms with Gasteiger partial charge in [0.2, 0.25) is 5.91 Å². The Morgan fingerprint density at radius 1 is 0.398 bits per heavy atom. The molecule has 0 bridgehead atoms. The van der Waals surface area contributed by atoms with Crippen molar-refractivity contribution in [2.24, 2.45) is 0 Å². The number of hydrogen-bond acceptors (Lipinski definition) is 18. The summed E-state index contributed by atoms with van der Waals surface area (Å²) in [6.45, 7) is 1.74. The lowest BCUT2D eigenvalue weighted by Gasteiger charge is -2.48. The molecule has 3 heterocycles. The number of rotatable bonds is 55. The van der Waals surface area contributed by atoms with Crippen molar-refractivity contribution in [3.8, 4) is 0 Å². The van der Waals surface area contributed by atoms with Gasteiger partial charge in [0.25, 0.3) is 0 Å². The fourth-order valence-corrected chi connectivity index (χ4v) is 12.2. The SMILES string of the molecule is CCCCCCCCCCCCCCCCCCCCCCCC/C=C/CC/C=C/C(O)C(COC1OC(CO)C(OC2OC(CO)C(OC3OC(CO)C(O)C(O)C3O)C(O)C2O)C(O)C1O)NC(=O)CCCCCCCCCCCCCCCCC. The van der Waals surface area contributed by atoms with E-state index in [0.717, 1.165) is 38.5 Å². The third-order valence-corrected chi connectivity index (χ3v) is 18.0. The highest BCUT2D eigenvalue weighted by molar-refractivity contribution is 5.76. The van der Waals surface area contributed by atoms with Crippen LogP contribution in [-0.4, -0.2) is 193 Å². The van der Waals surface area contributed by atoms with Crippen molar-refractivity contribution in [3.63, 3.8) is 0 Å². The smallest absolute Gasteiger partial charge is 0.220 e. The van der Waals surface area contributed by atoms with Crippen LogP contribution in [0.25, 0.3) is 0 Å². The average molecular weight is 1260 g/mol. The number of allylic oxidation sites excluding steroid dienone is 3. The van der Waals surface area contributed by atoms with E-state index in [9.17, 15) is 61.0 Å². The van der Waals surface area contributed by atoms with Gasteiger partial charge < -0.3 is 89.9 Å². The first-order chi connectivity index (χ1) is 42.8. The molecule has 88 heavy (non-hydrogen) atoms. The number of amides is 1. The van der Waals surface area contributed by atoms with E-state index in [1.165, 1.54) is 205 Å². The summed E-state index contributed by atoms with van der Waals surface area (Å²) in [5.74, 6) is -0.281. The average Bonchev–Trinajstić information content (AvgIpc) is 1.62. The van der Waals surface area contributed by atoms with Crippen LogP contribution < -0.4 is 5.32 Å². The Bertz CT molecular complexity index is 1690. The van der Waals surface area contributed by atoms with Gasteiger partial charge in [-0.25, -0.2) is 0 Å². The molecule has 3 rings (SSSR count). The van der Waals surface area contributed by atoms with Gasteiger partial charge in [-0.3, -0.25) is 4.79 Å². The molecular formula is C69H129NO18. The van der Waals surface area contributed by atoms with Gasteiger partial charge in [-0.2, -0.15) is 0 Å². The number of carbonyl (C=O) groups excluding carboxylic acids is 1. The van der Waals surface area contributed by atoms with Crippen LogP contribution in [0.15, 0.2) is 24.3 Å². The first-order valence-electron chi connectivity index (χ1n) is 35.6. The minimum absolute atomic E-state index is 0.240. The zero-order chi connectivity index (χ0) is 64.0. The van der Waals surface area contributed by atoms with E-state index < -0.39 is 124 Å². The summed E-state index contributed by atoms with van der Waals surface area (Å²) in [5, 5.41) is 120. The fraction of sp³-hybridized carbons (Fsp3) is 0.928. The molecule has 19 heteroatoms. The van der Waals surface area contributed by atoms with Crippen LogP contribution in [0, 0.1) is 0 Å². The van der Waals surface area contributed by atoms with Crippen molar-refractivity contribution in [2.45, 2.75) is 381 Å².